The quantitative estimate of drug-likeness (QED) is 0.239. The van der Waals surface area contributed by atoms with Gasteiger partial charge in [0.05, 0.1) is 16.4 Å². The Morgan fingerprint density at radius 1 is 0.816 bits per heavy atom. The van der Waals surface area contributed by atoms with Gasteiger partial charge in [-0.1, -0.05) is 54.1 Å². The maximum absolute atomic E-state index is 13.5. The van der Waals surface area contributed by atoms with E-state index in [4.69, 9.17) is 16.3 Å². The van der Waals surface area contributed by atoms with Gasteiger partial charge >= 0.3 is 6.18 Å². The molecule has 5 rings (SSSR count). The molecule has 0 fully saturated rings. The van der Waals surface area contributed by atoms with Crippen LogP contribution in [-0.2, 0) is 6.18 Å². The fourth-order valence-electron chi connectivity index (χ4n) is 3.76. The number of ether oxygens (including phenoxy) is 1. The van der Waals surface area contributed by atoms with Crippen LogP contribution in [0.2, 0.25) is 5.02 Å². The Morgan fingerprint density at radius 2 is 1.45 bits per heavy atom. The lowest BCUT2D eigenvalue weighted by molar-refractivity contribution is -0.141. The number of halogens is 4. The largest absolute Gasteiger partial charge is 0.457 e. The highest BCUT2D eigenvalue weighted by molar-refractivity contribution is 6.32. The molecule has 1 heterocycles. The van der Waals surface area contributed by atoms with Gasteiger partial charge in [0.1, 0.15) is 11.5 Å². The molecule has 0 unspecified atom stereocenters. The average molecular weight is 534 g/mol. The highest BCUT2D eigenvalue weighted by Crippen LogP contribution is 2.34. The summed E-state index contributed by atoms with van der Waals surface area (Å²) in [5.41, 5.74) is 0.776. The number of para-hydroxylation sites is 2. The van der Waals surface area contributed by atoms with Crippen molar-refractivity contribution in [2.45, 2.75) is 6.18 Å². The molecule has 0 aliphatic heterocycles. The van der Waals surface area contributed by atoms with E-state index in [1.165, 1.54) is 12.1 Å². The first-order valence-electron chi connectivity index (χ1n) is 11.4. The second-order valence-electron chi connectivity index (χ2n) is 8.25. The fourth-order valence-corrected chi connectivity index (χ4v) is 3.97. The summed E-state index contributed by atoms with van der Waals surface area (Å²) in [5.74, 6) is 0.943. The lowest BCUT2D eigenvalue weighted by Crippen LogP contribution is -2.11. The van der Waals surface area contributed by atoms with Crippen molar-refractivity contribution in [3.8, 4) is 28.4 Å². The maximum atomic E-state index is 13.5. The Labute approximate surface area is 221 Å². The highest BCUT2D eigenvalue weighted by atomic mass is 35.5. The first-order valence-corrected chi connectivity index (χ1v) is 11.8. The predicted molar refractivity (Wildman–Crippen MR) is 140 cm³/mol. The molecule has 1 N–H and O–H groups in total. The molecule has 5 aromatic rings. The number of anilines is 1. The number of aromatic nitrogens is 2. The molecule has 0 spiro atoms. The first-order chi connectivity index (χ1) is 18.3. The number of alkyl halides is 3. The molecule has 0 saturated carbocycles. The maximum Gasteiger partial charge on any atom is 0.435 e. The molecule has 0 aliphatic carbocycles. The molecule has 0 radical (unpaired) electrons. The number of amides is 1. The molecule has 0 saturated heterocycles. The molecule has 38 heavy (non-hydrogen) atoms. The Kier molecular flexibility index (Phi) is 6.89. The molecule has 5 nitrogen and oxygen atoms in total. The summed E-state index contributed by atoms with van der Waals surface area (Å²) in [5, 5.41) is 6.80. The molecule has 0 bridgehead atoms. The van der Waals surface area contributed by atoms with Crippen molar-refractivity contribution in [3.63, 3.8) is 0 Å². The number of hydrogen-bond acceptors (Lipinski definition) is 3. The first kappa shape index (κ1) is 25.1. The minimum absolute atomic E-state index is 0.186. The summed E-state index contributed by atoms with van der Waals surface area (Å²) in [7, 11) is 0. The van der Waals surface area contributed by atoms with Crippen LogP contribution in [0.4, 0.5) is 18.9 Å². The van der Waals surface area contributed by atoms with E-state index in [-0.39, 0.29) is 16.6 Å². The molecule has 9 heteroatoms. The van der Waals surface area contributed by atoms with E-state index in [0.29, 0.717) is 34.0 Å². The lowest BCUT2D eigenvalue weighted by atomic mass is 10.1. The molecule has 190 valence electrons. The van der Waals surface area contributed by atoms with Gasteiger partial charge in [-0.05, 0) is 66.7 Å². The number of benzene rings is 4. The zero-order valence-electron chi connectivity index (χ0n) is 19.6. The summed E-state index contributed by atoms with van der Waals surface area (Å²) in [6, 6.07) is 29.9. The van der Waals surface area contributed by atoms with Gasteiger partial charge < -0.3 is 10.1 Å². The normalized spacial score (nSPS) is 11.3. The number of rotatable bonds is 6. The zero-order valence-corrected chi connectivity index (χ0v) is 20.4. The number of carbonyl (C=O) groups is 1. The van der Waals surface area contributed by atoms with Crippen LogP contribution in [0.5, 0.6) is 11.5 Å². The Hall–Kier alpha value is -4.56. The summed E-state index contributed by atoms with van der Waals surface area (Å²) in [4.78, 5) is 12.8. The summed E-state index contributed by atoms with van der Waals surface area (Å²) >= 11 is 6.23. The SMILES string of the molecule is O=C(Nc1ccc(Oc2ccccc2)cc1)c1ccc(-c2cc(C(F)(F)F)nn2-c2ccccc2Cl)cc1. The van der Waals surface area contributed by atoms with E-state index in [9.17, 15) is 18.0 Å². The van der Waals surface area contributed by atoms with Crippen LogP contribution in [0.25, 0.3) is 16.9 Å². The Balaban J connectivity index is 1.35. The highest BCUT2D eigenvalue weighted by Gasteiger charge is 2.35. The fraction of sp³-hybridized carbons (Fsp3) is 0.0345. The molecular formula is C29H19ClF3N3O2. The third-order valence-electron chi connectivity index (χ3n) is 5.61. The average Bonchev–Trinajstić information content (AvgIpc) is 3.37. The molecule has 0 aliphatic rings. The van der Waals surface area contributed by atoms with Crippen LogP contribution < -0.4 is 10.1 Å². The standard InChI is InChI=1S/C29H19ClF3N3O2/c30-24-8-4-5-9-25(24)36-26(18-27(35-36)29(31,32)33)19-10-12-20(13-11-19)28(37)34-21-14-16-23(17-15-21)38-22-6-2-1-3-7-22/h1-18H,(H,34,37). The van der Waals surface area contributed by atoms with Crippen LogP contribution in [-0.4, -0.2) is 15.7 Å². The summed E-state index contributed by atoms with van der Waals surface area (Å²) < 4.78 is 47.3. The third kappa shape index (κ3) is 5.55. The van der Waals surface area contributed by atoms with Gasteiger partial charge in [-0.3, -0.25) is 4.79 Å². The van der Waals surface area contributed by atoms with Crippen LogP contribution >= 0.6 is 11.6 Å². The van der Waals surface area contributed by atoms with E-state index in [0.717, 1.165) is 10.7 Å². The van der Waals surface area contributed by atoms with Gasteiger partial charge in [0.2, 0.25) is 0 Å². The van der Waals surface area contributed by atoms with E-state index in [2.05, 4.69) is 10.4 Å². The van der Waals surface area contributed by atoms with Crippen molar-refractivity contribution in [2.75, 3.05) is 5.32 Å². The predicted octanol–water partition coefficient (Wildman–Crippen LogP) is 8.26. The smallest absolute Gasteiger partial charge is 0.435 e. The van der Waals surface area contributed by atoms with Gasteiger partial charge in [-0.2, -0.15) is 18.3 Å². The van der Waals surface area contributed by atoms with Crippen molar-refractivity contribution in [1.29, 1.82) is 0 Å². The monoisotopic (exact) mass is 533 g/mol. The Morgan fingerprint density at radius 3 is 2.11 bits per heavy atom. The van der Waals surface area contributed by atoms with E-state index in [1.54, 1.807) is 60.7 Å². The second-order valence-corrected chi connectivity index (χ2v) is 8.65. The van der Waals surface area contributed by atoms with Crippen molar-refractivity contribution in [3.05, 3.63) is 125 Å². The van der Waals surface area contributed by atoms with Gasteiger partial charge in [-0.15, -0.1) is 0 Å². The molecule has 0 atom stereocenters. The number of nitrogens with one attached hydrogen (secondary N) is 1. The topological polar surface area (TPSA) is 56.1 Å². The molecule has 1 amide bonds. The number of hydrogen-bond donors (Lipinski definition) is 1. The van der Waals surface area contributed by atoms with Crippen molar-refractivity contribution in [2.24, 2.45) is 0 Å². The lowest BCUT2D eigenvalue weighted by Gasteiger charge is -2.10. The molecule has 4 aromatic carbocycles. The van der Waals surface area contributed by atoms with Crippen molar-refractivity contribution >= 4 is 23.2 Å². The van der Waals surface area contributed by atoms with Gasteiger partial charge in [0.15, 0.2) is 5.69 Å². The minimum atomic E-state index is -4.64. The van der Waals surface area contributed by atoms with Crippen molar-refractivity contribution < 1.29 is 22.7 Å². The van der Waals surface area contributed by atoms with Crippen LogP contribution in [0.3, 0.4) is 0 Å². The van der Waals surface area contributed by atoms with Crippen LogP contribution in [0.1, 0.15) is 16.1 Å². The molecule has 1 aromatic heterocycles. The van der Waals surface area contributed by atoms with E-state index < -0.39 is 11.9 Å². The minimum Gasteiger partial charge on any atom is -0.457 e. The summed E-state index contributed by atoms with van der Waals surface area (Å²) in [6.45, 7) is 0. The van der Waals surface area contributed by atoms with E-state index in [1.807, 2.05) is 30.3 Å². The number of carbonyl (C=O) groups excluding carboxylic acids is 1. The van der Waals surface area contributed by atoms with Crippen LogP contribution in [0, 0.1) is 0 Å². The van der Waals surface area contributed by atoms with Gasteiger partial charge in [0, 0.05) is 16.8 Å². The number of nitrogens with zero attached hydrogens (tertiary/aromatic N) is 2. The van der Waals surface area contributed by atoms with Gasteiger partial charge in [-0.25, -0.2) is 4.68 Å². The van der Waals surface area contributed by atoms with E-state index >= 15 is 0 Å². The zero-order chi connectivity index (χ0) is 26.7. The third-order valence-corrected chi connectivity index (χ3v) is 5.93. The van der Waals surface area contributed by atoms with Crippen LogP contribution in [0.15, 0.2) is 109 Å². The van der Waals surface area contributed by atoms with Gasteiger partial charge in [0.25, 0.3) is 5.91 Å². The second kappa shape index (κ2) is 10.4. The van der Waals surface area contributed by atoms with Crippen molar-refractivity contribution in [1.82, 2.24) is 9.78 Å². The Bertz CT molecular complexity index is 1570. The molecular weight excluding hydrogens is 515 g/mol. The summed E-state index contributed by atoms with van der Waals surface area (Å²) in [6.07, 6.45) is -4.64.